The van der Waals surface area contributed by atoms with E-state index in [0.29, 0.717) is 0 Å². The van der Waals surface area contributed by atoms with E-state index in [2.05, 4.69) is 29.9 Å². The minimum Gasteiger partial charge on any atom is -0.493 e. The Kier molecular flexibility index (Phi) is 13.7. The zero-order chi connectivity index (χ0) is 22.0. The summed E-state index contributed by atoms with van der Waals surface area (Å²) in [6, 6.07) is 8.15. The summed E-state index contributed by atoms with van der Waals surface area (Å²) in [5.74, 6) is 1.66. The Hall–Kier alpha value is -1.90. The highest BCUT2D eigenvalue weighted by molar-refractivity contribution is 5.63. The monoisotopic (exact) mass is 424 g/mol. The van der Waals surface area contributed by atoms with Crippen LogP contribution in [0.3, 0.4) is 0 Å². The summed E-state index contributed by atoms with van der Waals surface area (Å²) in [4.78, 5) is 9.29. The van der Waals surface area contributed by atoms with Crippen LogP contribution in [0.25, 0.3) is 11.4 Å². The van der Waals surface area contributed by atoms with Gasteiger partial charge in [0, 0.05) is 12.4 Å². The molecule has 0 unspecified atom stereocenters. The van der Waals surface area contributed by atoms with Gasteiger partial charge in [0.2, 0.25) is 0 Å². The second-order valence-corrected chi connectivity index (χ2v) is 8.75. The molecule has 31 heavy (non-hydrogen) atoms. The van der Waals surface area contributed by atoms with Gasteiger partial charge in [0.1, 0.15) is 5.75 Å². The van der Waals surface area contributed by atoms with Crippen molar-refractivity contribution in [2.75, 3.05) is 6.61 Å². The first-order valence-electron chi connectivity index (χ1n) is 12.9. The highest BCUT2D eigenvalue weighted by atomic mass is 16.5. The molecule has 1 heterocycles. The molecule has 0 aliphatic heterocycles. The number of para-hydroxylation sites is 1. The maximum Gasteiger partial charge on any atom is 0.162 e. The van der Waals surface area contributed by atoms with Crippen LogP contribution in [0.5, 0.6) is 5.75 Å². The lowest BCUT2D eigenvalue weighted by atomic mass is 10.1. The number of hydrogen-bond acceptors (Lipinski definition) is 3. The van der Waals surface area contributed by atoms with Gasteiger partial charge in [-0.3, -0.25) is 0 Å². The van der Waals surface area contributed by atoms with Gasteiger partial charge in [-0.2, -0.15) is 0 Å². The lowest BCUT2D eigenvalue weighted by Crippen LogP contribution is -2.00. The van der Waals surface area contributed by atoms with Gasteiger partial charge in [-0.15, -0.1) is 0 Å². The van der Waals surface area contributed by atoms with Crippen LogP contribution in [0.4, 0.5) is 0 Å². The molecule has 2 aromatic rings. The molecule has 0 N–H and O–H groups in total. The molecule has 172 valence electrons. The molecule has 0 radical (unpaired) electrons. The average molecular weight is 425 g/mol. The second kappa shape index (κ2) is 16.8. The summed E-state index contributed by atoms with van der Waals surface area (Å²) < 4.78 is 6.09. The van der Waals surface area contributed by atoms with Crippen molar-refractivity contribution in [2.45, 2.75) is 110 Å². The fraction of sp³-hybridized carbons (Fsp3) is 0.643. The van der Waals surface area contributed by atoms with Crippen LogP contribution in [-0.4, -0.2) is 16.6 Å². The second-order valence-electron chi connectivity index (χ2n) is 8.75. The van der Waals surface area contributed by atoms with Crippen molar-refractivity contribution in [3.63, 3.8) is 0 Å². The van der Waals surface area contributed by atoms with Gasteiger partial charge in [-0.05, 0) is 37.0 Å². The molecular weight excluding hydrogens is 380 g/mol. The van der Waals surface area contributed by atoms with Crippen molar-refractivity contribution in [3.8, 4) is 17.1 Å². The molecule has 0 atom stereocenters. The molecule has 1 aromatic carbocycles. The molecule has 3 heteroatoms. The van der Waals surface area contributed by atoms with Crippen LogP contribution in [0, 0.1) is 0 Å². The van der Waals surface area contributed by atoms with E-state index in [4.69, 9.17) is 4.74 Å². The third kappa shape index (κ3) is 10.8. The molecule has 0 fully saturated rings. The number of aromatic nitrogens is 2. The standard InChI is InChI=1S/C28H44N2O/c1-3-5-7-9-11-13-15-19-25-23-29-28(30-24-25)26-20-16-17-21-27(26)31-22-18-14-12-10-8-6-4-2/h16-17,20-21,23-24H,3-15,18-19,22H2,1-2H3. The molecule has 0 saturated heterocycles. The summed E-state index contributed by atoms with van der Waals surface area (Å²) in [5, 5.41) is 0. The Bertz CT molecular complexity index is 684. The van der Waals surface area contributed by atoms with E-state index in [9.17, 15) is 0 Å². The van der Waals surface area contributed by atoms with Gasteiger partial charge in [0.15, 0.2) is 5.82 Å². The predicted molar refractivity (Wildman–Crippen MR) is 133 cm³/mol. The van der Waals surface area contributed by atoms with Crippen LogP contribution >= 0.6 is 0 Å². The minimum atomic E-state index is 0.762. The summed E-state index contributed by atoms with van der Waals surface area (Å²) in [6.45, 7) is 5.30. The Labute approximate surface area is 191 Å². The van der Waals surface area contributed by atoms with E-state index in [0.717, 1.165) is 36.6 Å². The molecular formula is C28H44N2O. The Balaban J connectivity index is 1.73. The summed E-state index contributed by atoms with van der Waals surface area (Å²) >= 11 is 0. The Morgan fingerprint density at radius 3 is 1.84 bits per heavy atom. The van der Waals surface area contributed by atoms with Crippen LogP contribution < -0.4 is 4.74 Å². The fourth-order valence-electron chi connectivity index (χ4n) is 3.93. The lowest BCUT2D eigenvalue weighted by molar-refractivity contribution is 0.305. The summed E-state index contributed by atoms with van der Waals surface area (Å²) in [7, 11) is 0. The molecule has 0 amide bonds. The molecule has 0 aliphatic rings. The number of aryl methyl sites for hydroxylation is 1. The molecule has 0 saturated carbocycles. The van der Waals surface area contributed by atoms with Crippen molar-refractivity contribution < 1.29 is 4.74 Å². The van der Waals surface area contributed by atoms with Gasteiger partial charge in [0.25, 0.3) is 0 Å². The zero-order valence-electron chi connectivity index (χ0n) is 20.1. The number of unbranched alkanes of at least 4 members (excludes halogenated alkanes) is 12. The van der Waals surface area contributed by atoms with Crippen LogP contribution in [-0.2, 0) is 6.42 Å². The lowest BCUT2D eigenvalue weighted by Gasteiger charge is -2.11. The third-order valence-corrected chi connectivity index (χ3v) is 5.91. The summed E-state index contributed by atoms with van der Waals surface area (Å²) in [5.41, 5.74) is 2.23. The van der Waals surface area contributed by atoms with Gasteiger partial charge < -0.3 is 4.74 Å². The van der Waals surface area contributed by atoms with Gasteiger partial charge >= 0.3 is 0 Å². The van der Waals surface area contributed by atoms with E-state index in [1.54, 1.807) is 0 Å². The largest absolute Gasteiger partial charge is 0.493 e. The zero-order valence-corrected chi connectivity index (χ0v) is 20.1. The fourth-order valence-corrected chi connectivity index (χ4v) is 3.93. The first kappa shape index (κ1) is 25.4. The molecule has 0 spiro atoms. The number of rotatable bonds is 18. The molecule has 1 aromatic heterocycles. The number of ether oxygens (including phenoxy) is 1. The first-order chi connectivity index (χ1) is 15.3. The summed E-state index contributed by atoms with van der Waals surface area (Å²) in [6.07, 6.45) is 23.5. The average Bonchev–Trinajstić information content (AvgIpc) is 2.81. The number of hydrogen-bond donors (Lipinski definition) is 0. The number of nitrogens with zero attached hydrogens (tertiary/aromatic N) is 2. The maximum atomic E-state index is 6.09. The van der Waals surface area contributed by atoms with Crippen molar-refractivity contribution in [3.05, 3.63) is 42.2 Å². The van der Waals surface area contributed by atoms with Crippen molar-refractivity contribution in [1.29, 1.82) is 0 Å². The third-order valence-electron chi connectivity index (χ3n) is 5.91. The number of benzene rings is 1. The van der Waals surface area contributed by atoms with Crippen LogP contribution in [0.2, 0.25) is 0 Å². The van der Waals surface area contributed by atoms with E-state index in [1.165, 1.54) is 89.0 Å². The molecule has 3 nitrogen and oxygen atoms in total. The maximum absolute atomic E-state index is 6.09. The predicted octanol–water partition coefficient (Wildman–Crippen LogP) is 8.57. The highest BCUT2D eigenvalue weighted by Gasteiger charge is 2.09. The van der Waals surface area contributed by atoms with E-state index in [1.807, 2.05) is 30.6 Å². The van der Waals surface area contributed by atoms with Crippen molar-refractivity contribution in [1.82, 2.24) is 9.97 Å². The van der Waals surface area contributed by atoms with Crippen LogP contribution in [0.1, 0.15) is 109 Å². The topological polar surface area (TPSA) is 35.0 Å². The van der Waals surface area contributed by atoms with Crippen LogP contribution in [0.15, 0.2) is 36.7 Å². The highest BCUT2D eigenvalue weighted by Crippen LogP contribution is 2.27. The van der Waals surface area contributed by atoms with Gasteiger partial charge in [0.05, 0.1) is 12.2 Å². The Morgan fingerprint density at radius 2 is 1.19 bits per heavy atom. The Morgan fingerprint density at radius 1 is 0.645 bits per heavy atom. The normalized spacial score (nSPS) is 11.0. The molecule has 0 bridgehead atoms. The van der Waals surface area contributed by atoms with Gasteiger partial charge in [-0.25, -0.2) is 9.97 Å². The first-order valence-corrected chi connectivity index (χ1v) is 12.9. The quantitative estimate of drug-likeness (QED) is 0.225. The van der Waals surface area contributed by atoms with Crippen molar-refractivity contribution >= 4 is 0 Å². The molecule has 2 rings (SSSR count). The van der Waals surface area contributed by atoms with E-state index >= 15 is 0 Å². The van der Waals surface area contributed by atoms with Gasteiger partial charge in [-0.1, -0.05) is 103 Å². The smallest absolute Gasteiger partial charge is 0.162 e. The molecule has 0 aliphatic carbocycles. The van der Waals surface area contributed by atoms with Crippen molar-refractivity contribution in [2.24, 2.45) is 0 Å². The van der Waals surface area contributed by atoms with E-state index < -0.39 is 0 Å². The van der Waals surface area contributed by atoms with E-state index in [-0.39, 0.29) is 0 Å². The minimum absolute atomic E-state index is 0.762. The SMILES string of the molecule is CCCCCCCCCOc1ccccc1-c1ncc(CCCCCCCCC)cn1.